The zero-order chi connectivity index (χ0) is 30.7. The van der Waals surface area contributed by atoms with Gasteiger partial charge in [-0.25, -0.2) is 4.98 Å². The minimum absolute atomic E-state index is 0.0366. The van der Waals surface area contributed by atoms with E-state index in [1.54, 1.807) is 6.07 Å². The first-order valence-electron chi connectivity index (χ1n) is 13.7. The third-order valence-electron chi connectivity index (χ3n) is 7.49. The van der Waals surface area contributed by atoms with Gasteiger partial charge < -0.3 is 36.3 Å². The number of aliphatic hydroxyl groups excluding tert-OH is 2. The van der Waals surface area contributed by atoms with Gasteiger partial charge >= 0.3 is 0 Å². The van der Waals surface area contributed by atoms with Crippen LogP contribution in [0.25, 0.3) is 32.1 Å². The van der Waals surface area contributed by atoms with E-state index in [2.05, 4.69) is 10.3 Å². The molecule has 2 amide bonds. The van der Waals surface area contributed by atoms with Gasteiger partial charge in [-0.1, -0.05) is 24.3 Å². The van der Waals surface area contributed by atoms with Gasteiger partial charge in [0.25, 0.3) is 11.8 Å². The minimum Gasteiger partial charge on any atom is -0.495 e. The zero-order valence-electron chi connectivity index (χ0n) is 24.0. The molecule has 5 aromatic rings. The zero-order valence-corrected chi connectivity index (χ0v) is 24.8. The quantitative estimate of drug-likeness (QED) is 0.145. The van der Waals surface area contributed by atoms with E-state index >= 15 is 0 Å². The van der Waals surface area contributed by atoms with Crippen LogP contribution in [-0.4, -0.2) is 76.4 Å². The molecular formula is C31H34N6O5S. The number of amides is 2. The monoisotopic (exact) mass is 602 g/mol. The summed E-state index contributed by atoms with van der Waals surface area (Å²) in [4.78, 5) is 32.7. The summed E-state index contributed by atoms with van der Waals surface area (Å²) in [5.41, 5.74) is 15.8. The Bertz CT molecular complexity index is 1810. The van der Waals surface area contributed by atoms with Crippen LogP contribution < -0.4 is 21.5 Å². The number of hydrogen-bond acceptors (Lipinski definition) is 9. The van der Waals surface area contributed by atoms with E-state index in [0.717, 1.165) is 26.9 Å². The van der Waals surface area contributed by atoms with Gasteiger partial charge in [-0.3, -0.25) is 14.5 Å². The van der Waals surface area contributed by atoms with E-state index in [4.69, 9.17) is 16.2 Å². The summed E-state index contributed by atoms with van der Waals surface area (Å²) in [5.74, 6) is -0.191. The maximum absolute atomic E-state index is 13.3. The molecule has 7 N–H and O–H groups in total. The standard InChI is InChI=1S/C31H34N6O5S/c1-36-22-6-4-3-5-18(22)15-23(36)31(41)35-21-8-7-19(16-24(21)42-2)26-25(9-10-37(11-13-38)12-14-39)43-28-20(30(33)40)17-34-29(32)27(26)28/h3-8,15-17,38-39H,9-14H2,1-2H3,(H2,32,34)(H2,33,40)(H,35,41). The highest BCUT2D eigenvalue weighted by Crippen LogP contribution is 2.44. The normalized spacial score (nSPS) is 11.5. The summed E-state index contributed by atoms with van der Waals surface area (Å²) in [5, 5.41) is 23.5. The third kappa shape index (κ3) is 5.90. The highest BCUT2D eigenvalue weighted by molar-refractivity contribution is 7.20. The van der Waals surface area contributed by atoms with Crippen molar-refractivity contribution in [3.8, 4) is 16.9 Å². The van der Waals surface area contributed by atoms with Crippen LogP contribution in [0.15, 0.2) is 54.7 Å². The Labute approximate surface area is 252 Å². The van der Waals surface area contributed by atoms with E-state index in [-0.39, 0.29) is 30.5 Å². The summed E-state index contributed by atoms with van der Waals surface area (Å²) in [6.07, 6.45) is 1.94. The van der Waals surface area contributed by atoms with Crippen molar-refractivity contribution in [3.63, 3.8) is 0 Å². The number of nitrogen functional groups attached to an aromatic ring is 1. The third-order valence-corrected chi connectivity index (χ3v) is 8.77. The maximum Gasteiger partial charge on any atom is 0.272 e. The number of nitrogens with one attached hydrogen (secondary N) is 1. The lowest BCUT2D eigenvalue weighted by Gasteiger charge is -2.20. The Morgan fingerprint density at radius 2 is 1.84 bits per heavy atom. The van der Waals surface area contributed by atoms with Crippen molar-refractivity contribution in [1.82, 2.24) is 14.5 Å². The lowest BCUT2D eigenvalue weighted by molar-refractivity contribution is 0.0997. The molecule has 3 heterocycles. The maximum atomic E-state index is 13.3. The molecule has 3 aromatic heterocycles. The molecule has 43 heavy (non-hydrogen) atoms. The molecule has 0 radical (unpaired) electrons. The summed E-state index contributed by atoms with van der Waals surface area (Å²) >= 11 is 1.41. The SMILES string of the molecule is COc1cc(-c2c(CCN(CCO)CCO)sc3c(C(N)=O)cnc(N)c23)ccc1NC(=O)c1cc2ccccc2n1C. The number of ether oxygens (including phenoxy) is 1. The Kier molecular flexibility index (Phi) is 8.92. The van der Waals surface area contributed by atoms with Crippen molar-refractivity contribution in [3.05, 3.63) is 70.9 Å². The number of carbonyl (C=O) groups excluding carboxylic acids is 2. The fourth-order valence-electron chi connectivity index (χ4n) is 5.35. The molecule has 0 bridgehead atoms. The highest BCUT2D eigenvalue weighted by Gasteiger charge is 2.23. The second-order valence-corrected chi connectivity index (χ2v) is 11.2. The van der Waals surface area contributed by atoms with Gasteiger partial charge in [-0.05, 0) is 36.2 Å². The Morgan fingerprint density at radius 1 is 1.09 bits per heavy atom. The Balaban J connectivity index is 1.55. The summed E-state index contributed by atoms with van der Waals surface area (Å²) in [6.45, 7) is 1.30. The number of hydrogen-bond donors (Lipinski definition) is 5. The van der Waals surface area contributed by atoms with Gasteiger partial charge in [-0.15, -0.1) is 11.3 Å². The van der Waals surface area contributed by atoms with Crippen LogP contribution >= 0.6 is 11.3 Å². The van der Waals surface area contributed by atoms with E-state index in [1.807, 2.05) is 59.0 Å². The molecule has 0 atom stereocenters. The number of carbonyl (C=O) groups is 2. The second kappa shape index (κ2) is 12.8. The van der Waals surface area contributed by atoms with Crippen molar-refractivity contribution in [2.75, 3.05) is 51.0 Å². The number of pyridine rings is 1. The molecule has 0 spiro atoms. The number of para-hydroxylation sites is 1. The molecule has 0 unspecified atom stereocenters. The molecule has 0 fully saturated rings. The number of primary amides is 1. The van der Waals surface area contributed by atoms with E-state index in [9.17, 15) is 19.8 Å². The van der Waals surface area contributed by atoms with Gasteiger partial charge in [-0.2, -0.15) is 0 Å². The first kappa shape index (κ1) is 30.0. The summed E-state index contributed by atoms with van der Waals surface area (Å²) in [6, 6.07) is 15.1. The summed E-state index contributed by atoms with van der Waals surface area (Å²) < 4.78 is 8.19. The largest absolute Gasteiger partial charge is 0.495 e. The smallest absolute Gasteiger partial charge is 0.272 e. The lowest BCUT2D eigenvalue weighted by Crippen LogP contribution is -2.31. The molecule has 2 aromatic carbocycles. The number of aryl methyl sites for hydroxylation is 1. The lowest BCUT2D eigenvalue weighted by atomic mass is 9.99. The molecule has 0 aliphatic carbocycles. The van der Waals surface area contributed by atoms with Crippen molar-refractivity contribution in [2.45, 2.75) is 6.42 Å². The first-order chi connectivity index (χ1) is 20.8. The minimum atomic E-state index is -0.608. The average molecular weight is 603 g/mol. The van der Waals surface area contributed by atoms with Crippen LogP contribution in [0, 0.1) is 0 Å². The second-order valence-electron chi connectivity index (χ2n) is 10.1. The summed E-state index contributed by atoms with van der Waals surface area (Å²) in [7, 11) is 3.38. The molecule has 12 heteroatoms. The number of benzene rings is 2. The highest BCUT2D eigenvalue weighted by atomic mass is 32.1. The van der Waals surface area contributed by atoms with Crippen LogP contribution in [-0.2, 0) is 13.5 Å². The number of nitrogens with two attached hydrogens (primary N) is 2. The molecule has 0 aliphatic rings. The number of aliphatic hydroxyl groups is 2. The average Bonchev–Trinajstić information content (AvgIpc) is 3.55. The van der Waals surface area contributed by atoms with Crippen molar-refractivity contribution < 1.29 is 24.5 Å². The first-order valence-corrected chi connectivity index (χ1v) is 14.6. The number of rotatable bonds is 12. The van der Waals surface area contributed by atoms with Gasteiger partial charge in [0.1, 0.15) is 17.3 Å². The van der Waals surface area contributed by atoms with Crippen LogP contribution in [0.1, 0.15) is 25.7 Å². The predicted octanol–water partition coefficient (Wildman–Crippen LogP) is 3.23. The molecule has 224 valence electrons. The predicted molar refractivity (Wildman–Crippen MR) is 170 cm³/mol. The van der Waals surface area contributed by atoms with E-state index in [0.29, 0.717) is 53.3 Å². The van der Waals surface area contributed by atoms with Gasteiger partial charge in [0.2, 0.25) is 0 Å². The number of aromatic nitrogens is 2. The molecule has 11 nitrogen and oxygen atoms in total. The number of anilines is 2. The molecule has 0 saturated carbocycles. The van der Waals surface area contributed by atoms with Crippen LogP contribution in [0.3, 0.4) is 0 Å². The van der Waals surface area contributed by atoms with Crippen molar-refractivity contribution >= 4 is 55.6 Å². The number of thiophene rings is 1. The number of nitrogens with zero attached hydrogens (tertiary/aromatic N) is 3. The number of fused-ring (bicyclic) bond motifs is 2. The van der Waals surface area contributed by atoms with Crippen LogP contribution in [0.2, 0.25) is 0 Å². The number of methoxy groups -OCH3 is 1. The van der Waals surface area contributed by atoms with E-state index in [1.165, 1.54) is 24.6 Å². The van der Waals surface area contributed by atoms with Crippen molar-refractivity contribution in [2.24, 2.45) is 12.8 Å². The molecular weight excluding hydrogens is 568 g/mol. The fourth-order valence-corrected chi connectivity index (χ4v) is 6.68. The Morgan fingerprint density at radius 3 is 2.51 bits per heavy atom. The Hall–Kier alpha value is -4.49. The molecule has 0 saturated heterocycles. The van der Waals surface area contributed by atoms with Crippen LogP contribution in [0.5, 0.6) is 5.75 Å². The van der Waals surface area contributed by atoms with Gasteiger partial charge in [0, 0.05) is 59.6 Å². The fraction of sp³-hybridized carbons (Fsp3) is 0.258. The van der Waals surface area contributed by atoms with Gasteiger partial charge in [0.05, 0.1) is 36.3 Å². The topological polar surface area (TPSA) is 169 Å². The van der Waals surface area contributed by atoms with Gasteiger partial charge in [0.15, 0.2) is 0 Å². The van der Waals surface area contributed by atoms with Crippen molar-refractivity contribution in [1.29, 1.82) is 0 Å². The molecule has 0 aliphatic heterocycles. The molecule has 5 rings (SSSR count). The van der Waals surface area contributed by atoms with E-state index < -0.39 is 5.91 Å². The van der Waals surface area contributed by atoms with Crippen LogP contribution in [0.4, 0.5) is 11.5 Å².